The van der Waals surface area contributed by atoms with Gasteiger partial charge in [0.25, 0.3) is 5.91 Å². The average Bonchev–Trinajstić information content (AvgIpc) is 3.68. The first-order chi connectivity index (χ1) is 28.0. The van der Waals surface area contributed by atoms with Crippen LogP contribution in [0, 0.1) is 17.7 Å². The number of rotatable bonds is 12. The van der Waals surface area contributed by atoms with Crippen molar-refractivity contribution in [3.05, 3.63) is 89.7 Å². The van der Waals surface area contributed by atoms with E-state index in [2.05, 4.69) is 21.2 Å². The van der Waals surface area contributed by atoms with E-state index in [-0.39, 0.29) is 57.9 Å². The van der Waals surface area contributed by atoms with Crippen molar-refractivity contribution in [3.8, 4) is 0 Å². The highest BCUT2D eigenvalue weighted by molar-refractivity contribution is 7.91. The van der Waals surface area contributed by atoms with Crippen LogP contribution in [0.15, 0.2) is 82.6 Å². The topological polar surface area (TPSA) is 112 Å². The fourth-order valence-electron chi connectivity index (χ4n) is 10.4. The number of carbonyl (C=O) groups is 2. The number of piperidine rings is 1. The second-order valence-electron chi connectivity index (χ2n) is 16.9. The number of halogens is 2. The Morgan fingerprint density at radius 3 is 2.16 bits per heavy atom. The number of likely N-dealkylation sites (tertiary alicyclic amines) is 2. The zero-order chi connectivity index (χ0) is 40.5. The van der Waals surface area contributed by atoms with Gasteiger partial charge in [0.15, 0.2) is 5.67 Å². The molecule has 1 saturated carbocycles. The molecule has 0 aromatic heterocycles. The number of amides is 2. The first-order valence-corrected chi connectivity index (χ1v) is 22.3. The van der Waals surface area contributed by atoms with Crippen molar-refractivity contribution in [1.82, 2.24) is 20.0 Å². The van der Waals surface area contributed by atoms with Gasteiger partial charge in [0.1, 0.15) is 5.82 Å². The van der Waals surface area contributed by atoms with Gasteiger partial charge in [-0.05, 0) is 136 Å². The monoisotopic (exact) mass is 819 g/mol. The molecule has 3 aromatic carbocycles. The molecule has 0 bridgehead atoms. The Labute approximate surface area is 340 Å². The van der Waals surface area contributed by atoms with Crippen LogP contribution in [0.4, 0.5) is 19.3 Å². The molecule has 3 aromatic rings. The predicted molar refractivity (Wildman–Crippen MR) is 216 cm³/mol. The number of nitrogens with one attached hydrogen (secondary N) is 1. The van der Waals surface area contributed by atoms with Gasteiger partial charge in [-0.25, -0.2) is 22.0 Å². The van der Waals surface area contributed by atoms with Gasteiger partial charge in [-0.2, -0.15) is 0 Å². The van der Waals surface area contributed by atoms with Crippen LogP contribution in [-0.2, 0) is 24.7 Å². The number of nitrogens with zero attached hydrogens (tertiary/aromatic N) is 4. The van der Waals surface area contributed by atoms with Gasteiger partial charge in [0.2, 0.25) is 9.84 Å². The largest absolute Gasteiger partial charge is 0.453 e. The number of ether oxygens (including phenoxy) is 2. The molecule has 3 atom stereocenters. The van der Waals surface area contributed by atoms with Crippen molar-refractivity contribution in [2.24, 2.45) is 11.8 Å². The SMILES string of the molecule is COC(=O)N[C@H]1CCC[C@@H]1[C@](CN1CCC1)(c1cccc(F)c1)C1CCN(CC2(F)CN(c3ccc(S(=O)(=O)c4ccc(C(=O)N5CCOCC5)cc4)cc3)C2)CC1. The van der Waals surface area contributed by atoms with Gasteiger partial charge in [0.05, 0.1) is 43.2 Å². The smallest absolute Gasteiger partial charge is 0.407 e. The van der Waals surface area contributed by atoms with Crippen LogP contribution in [-0.4, -0.2) is 133 Å². The zero-order valence-corrected chi connectivity index (χ0v) is 34.1. The molecule has 0 radical (unpaired) electrons. The molecule has 11 nitrogen and oxygen atoms in total. The summed E-state index contributed by atoms with van der Waals surface area (Å²) in [7, 11) is -2.44. The second-order valence-corrected chi connectivity index (χ2v) is 18.9. The summed E-state index contributed by atoms with van der Waals surface area (Å²) in [6.45, 7) is 6.97. The van der Waals surface area contributed by atoms with Crippen molar-refractivity contribution in [3.63, 3.8) is 0 Å². The number of anilines is 1. The van der Waals surface area contributed by atoms with Gasteiger partial charge >= 0.3 is 6.09 Å². The molecule has 1 aliphatic carbocycles. The molecular weight excluding hydrogens is 765 g/mol. The van der Waals surface area contributed by atoms with Crippen LogP contribution >= 0.6 is 0 Å². The van der Waals surface area contributed by atoms with E-state index in [1.165, 1.54) is 25.3 Å². The first-order valence-electron chi connectivity index (χ1n) is 20.8. The van der Waals surface area contributed by atoms with E-state index in [1.54, 1.807) is 53.4 Å². The third kappa shape index (κ3) is 8.22. The number of alkyl carbamates (subject to hydrolysis) is 1. The molecule has 312 valence electrons. The number of hydrogen-bond donors (Lipinski definition) is 1. The highest BCUT2D eigenvalue weighted by Crippen LogP contribution is 2.51. The van der Waals surface area contributed by atoms with Gasteiger partial charge in [0, 0.05) is 48.9 Å². The van der Waals surface area contributed by atoms with Crippen LogP contribution in [0.1, 0.15) is 54.4 Å². The summed E-state index contributed by atoms with van der Waals surface area (Å²) in [5.41, 5.74) is 0.388. The summed E-state index contributed by atoms with van der Waals surface area (Å²) in [4.78, 5) is 33.9. The first kappa shape index (κ1) is 40.7. The Bertz CT molecular complexity index is 2030. The molecule has 0 unspecified atom stereocenters. The minimum absolute atomic E-state index is 0.0801. The Kier molecular flexibility index (Phi) is 11.8. The van der Waals surface area contributed by atoms with E-state index in [1.807, 2.05) is 4.90 Å². The number of methoxy groups -OCH3 is 1. The average molecular weight is 820 g/mol. The Balaban J connectivity index is 0.903. The number of sulfone groups is 1. The van der Waals surface area contributed by atoms with Gasteiger partial charge in [-0.1, -0.05) is 18.6 Å². The summed E-state index contributed by atoms with van der Waals surface area (Å²) >= 11 is 0. The van der Waals surface area contributed by atoms with Gasteiger partial charge in [-0.3, -0.25) is 9.69 Å². The highest BCUT2D eigenvalue weighted by Gasteiger charge is 2.54. The third-order valence-electron chi connectivity index (χ3n) is 13.5. The van der Waals surface area contributed by atoms with E-state index in [4.69, 9.17) is 9.47 Å². The maximum Gasteiger partial charge on any atom is 0.407 e. The Hall–Kier alpha value is -4.11. The minimum atomic E-state index is -3.82. The molecule has 4 heterocycles. The summed E-state index contributed by atoms with van der Waals surface area (Å²) in [5.74, 6) is -0.0810. The van der Waals surface area contributed by atoms with Crippen LogP contribution < -0.4 is 10.2 Å². The van der Waals surface area contributed by atoms with Crippen molar-refractivity contribution in [2.75, 3.05) is 90.7 Å². The molecular formula is C44H55F2N5O6S. The molecule has 14 heteroatoms. The Morgan fingerprint density at radius 2 is 1.53 bits per heavy atom. The third-order valence-corrected chi connectivity index (χ3v) is 15.2. The molecule has 4 saturated heterocycles. The molecule has 0 spiro atoms. The lowest BCUT2D eigenvalue weighted by molar-refractivity contribution is 0.00584. The van der Waals surface area contributed by atoms with Crippen LogP contribution in [0.2, 0.25) is 0 Å². The summed E-state index contributed by atoms with van der Waals surface area (Å²) in [5, 5.41) is 3.14. The van der Waals surface area contributed by atoms with Crippen LogP contribution in [0.3, 0.4) is 0 Å². The predicted octanol–water partition coefficient (Wildman–Crippen LogP) is 5.54. The van der Waals surface area contributed by atoms with Crippen LogP contribution in [0.25, 0.3) is 0 Å². The molecule has 58 heavy (non-hydrogen) atoms. The molecule has 1 N–H and O–H groups in total. The Morgan fingerprint density at radius 1 is 0.862 bits per heavy atom. The maximum absolute atomic E-state index is 16.3. The number of hydrogen-bond acceptors (Lipinski definition) is 9. The lowest BCUT2D eigenvalue weighted by Gasteiger charge is -2.54. The fraction of sp³-hybridized carbons (Fsp3) is 0.545. The normalized spacial score (nSPS) is 24.1. The zero-order valence-electron chi connectivity index (χ0n) is 33.3. The van der Waals surface area contributed by atoms with Crippen molar-refractivity contribution < 1.29 is 36.3 Å². The van der Waals surface area contributed by atoms with E-state index >= 15 is 8.78 Å². The molecule has 8 rings (SSSR count). The van der Waals surface area contributed by atoms with Gasteiger partial charge < -0.3 is 29.5 Å². The summed E-state index contributed by atoms with van der Waals surface area (Å²) < 4.78 is 68.6. The molecule has 4 aliphatic heterocycles. The second kappa shape index (κ2) is 16.9. The van der Waals surface area contributed by atoms with E-state index < -0.39 is 21.6 Å². The lowest BCUT2D eigenvalue weighted by Crippen LogP contribution is -2.65. The van der Waals surface area contributed by atoms with E-state index in [0.29, 0.717) is 38.4 Å². The molecule has 5 aliphatic rings. The lowest BCUT2D eigenvalue weighted by atomic mass is 9.57. The van der Waals surface area contributed by atoms with E-state index in [0.717, 1.165) is 82.5 Å². The number of morpholine rings is 1. The van der Waals surface area contributed by atoms with Crippen molar-refractivity contribution >= 4 is 27.5 Å². The van der Waals surface area contributed by atoms with Crippen LogP contribution in [0.5, 0.6) is 0 Å². The maximum atomic E-state index is 16.3. The standard InChI is InChI=1S/C44H55F2N5O6S/c1-56-42(53)47-40-8-3-7-39(40)44(31-48-19-4-20-48,34-5-2-6-35(45)27-34)33-17-21-49(22-18-33)28-43(46)29-51(30-43)36-11-15-38(16-12-36)58(54,55)37-13-9-32(10-14-37)41(52)50-23-25-57-26-24-50/h2,5-6,9-16,27,33,39-40H,3-4,7-8,17-26,28-31H2,1H3,(H,47,53)/t39-,40-,44-/m0/s1. The number of benzene rings is 3. The quantitative estimate of drug-likeness (QED) is 0.252. The van der Waals surface area contributed by atoms with E-state index in [9.17, 15) is 18.0 Å². The summed E-state index contributed by atoms with van der Waals surface area (Å²) in [6.07, 6.45) is 5.14. The van der Waals surface area contributed by atoms with Crippen molar-refractivity contribution in [1.29, 1.82) is 0 Å². The number of carbonyl (C=O) groups excluding carboxylic acids is 2. The minimum Gasteiger partial charge on any atom is -0.453 e. The van der Waals surface area contributed by atoms with Gasteiger partial charge in [-0.15, -0.1) is 0 Å². The highest BCUT2D eigenvalue weighted by atomic mass is 32.2. The molecule has 5 fully saturated rings. The number of alkyl halides is 1. The fourth-order valence-corrected chi connectivity index (χ4v) is 11.6. The molecule has 2 amide bonds. The van der Waals surface area contributed by atoms with Crippen molar-refractivity contribution in [2.45, 2.75) is 65.4 Å². The summed E-state index contributed by atoms with van der Waals surface area (Å²) in [6, 6.07) is 19.6.